The molecule has 1 aromatic rings. The van der Waals surface area contributed by atoms with Gasteiger partial charge in [-0.15, -0.1) is 0 Å². The summed E-state index contributed by atoms with van der Waals surface area (Å²) in [5, 5.41) is 15.8. The number of nitrogens with one attached hydrogen (secondary N) is 2. The summed E-state index contributed by atoms with van der Waals surface area (Å²) < 4.78 is 13.6. The van der Waals surface area contributed by atoms with E-state index >= 15 is 0 Å². The van der Waals surface area contributed by atoms with Crippen molar-refractivity contribution < 1.29 is 14.1 Å². The fourth-order valence-electron chi connectivity index (χ4n) is 1.50. The summed E-state index contributed by atoms with van der Waals surface area (Å²) >= 11 is 0. The van der Waals surface area contributed by atoms with Crippen LogP contribution in [-0.2, 0) is 4.79 Å². The van der Waals surface area contributed by atoms with Crippen molar-refractivity contribution in [1.82, 2.24) is 5.32 Å². The summed E-state index contributed by atoms with van der Waals surface area (Å²) in [4.78, 5) is 21.4. The molecule has 0 saturated heterocycles. The van der Waals surface area contributed by atoms with Gasteiger partial charge in [0.05, 0.1) is 22.1 Å². The molecule has 0 spiro atoms. The number of benzene rings is 1. The minimum absolute atomic E-state index is 0.127. The Morgan fingerprint density at radius 1 is 1.47 bits per heavy atom. The number of hydrogen-bond donors (Lipinski definition) is 2. The van der Waals surface area contributed by atoms with E-state index in [9.17, 15) is 19.3 Å². The van der Waals surface area contributed by atoms with Gasteiger partial charge in [0.1, 0.15) is 0 Å². The van der Waals surface area contributed by atoms with E-state index in [1.807, 2.05) is 0 Å². The normalized spacial score (nSPS) is 10.9. The molecule has 7 heteroatoms. The Morgan fingerprint density at radius 3 is 2.58 bits per heavy atom. The fourth-order valence-corrected chi connectivity index (χ4v) is 1.50. The minimum atomic E-state index is -0.720. The molecule has 1 rings (SSSR count). The van der Waals surface area contributed by atoms with Crippen LogP contribution in [0, 0.1) is 21.3 Å². The molecule has 0 heterocycles. The third-order valence-corrected chi connectivity index (χ3v) is 2.73. The van der Waals surface area contributed by atoms with E-state index in [1.54, 1.807) is 13.8 Å². The second-order valence-corrected chi connectivity index (χ2v) is 4.74. The molecule has 0 atom stereocenters. The summed E-state index contributed by atoms with van der Waals surface area (Å²) in [6.45, 7) is 3.63. The van der Waals surface area contributed by atoms with Crippen LogP contribution in [0.2, 0.25) is 0 Å². The highest BCUT2D eigenvalue weighted by Crippen LogP contribution is 2.22. The average molecular weight is 269 g/mol. The third-order valence-electron chi connectivity index (χ3n) is 2.73. The first-order valence-electron chi connectivity index (χ1n) is 5.68. The van der Waals surface area contributed by atoms with Crippen molar-refractivity contribution in [3.8, 4) is 0 Å². The second-order valence-electron chi connectivity index (χ2n) is 4.74. The zero-order valence-electron chi connectivity index (χ0n) is 11.0. The Balaban J connectivity index is 2.79. The quantitative estimate of drug-likeness (QED) is 0.631. The maximum absolute atomic E-state index is 13.6. The van der Waals surface area contributed by atoms with Crippen LogP contribution in [0.25, 0.3) is 0 Å². The standard InChI is InChI=1S/C12H16FN3O3/c1-12(2,11(17)14-3)7-15-10-5-4-8(16(18)19)6-9(10)13/h4-6,15H,7H2,1-3H3,(H,14,17). The van der Waals surface area contributed by atoms with Gasteiger partial charge in [-0.25, -0.2) is 4.39 Å². The van der Waals surface area contributed by atoms with Crippen LogP contribution in [0.4, 0.5) is 15.8 Å². The van der Waals surface area contributed by atoms with Gasteiger partial charge in [-0.05, 0) is 19.9 Å². The highest BCUT2D eigenvalue weighted by molar-refractivity contribution is 5.82. The Morgan fingerprint density at radius 2 is 2.11 bits per heavy atom. The van der Waals surface area contributed by atoms with E-state index in [2.05, 4.69) is 10.6 Å². The maximum Gasteiger partial charge on any atom is 0.272 e. The first kappa shape index (κ1) is 14.9. The summed E-state index contributed by atoms with van der Waals surface area (Å²) in [5.74, 6) is -0.899. The molecule has 0 aliphatic heterocycles. The summed E-state index contributed by atoms with van der Waals surface area (Å²) in [7, 11) is 1.52. The number of carbonyl (C=O) groups is 1. The molecule has 104 valence electrons. The van der Waals surface area contributed by atoms with Crippen molar-refractivity contribution in [3.05, 3.63) is 34.1 Å². The van der Waals surface area contributed by atoms with Crippen molar-refractivity contribution in [2.75, 3.05) is 18.9 Å². The molecule has 1 amide bonds. The highest BCUT2D eigenvalue weighted by atomic mass is 19.1. The number of anilines is 1. The smallest absolute Gasteiger partial charge is 0.272 e. The van der Waals surface area contributed by atoms with Crippen LogP contribution in [0.3, 0.4) is 0 Å². The minimum Gasteiger partial charge on any atom is -0.382 e. The predicted octanol–water partition coefficient (Wildman–Crippen LogP) is 1.92. The number of nitro groups is 1. The molecule has 0 saturated carbocycles. The first-order chi connectivity index (χ1) is 8.77. The van der Waals surface area contributed by atoms with E-state index < -0.39 is 16.2 Å². The van der Waals surface area contributed by atoms with Gasteiger partial charge in [-0.1, -0.05) is 0 Å². The number of nitro benzene ring substituents is 1. The molecule has 2 N–H and O–H groups in total. The molecule has 1 aromatic carbocycles. The Hall–Kier alpha value is -2.18. The van der Waals surface area contributed by atoms with Crippen molar-refractivity contribution >= 4 is 17.3 Å². The van der Waals surface area contributed by atoms with Crippen LogP contribution < -0.4 is 10.6 Å². The molecule has 0 radical (unpaired) electrons. The van der Waals surface area contributed by atoms with E-state index in [-0.39, 0.29) is 23.8 Å². The summed E-state index contributed by atoms with van der Waals surface area (Å²) in [6.07, 6.45) is 0. The van der Waals surface area contributed by atoms with Crippen molar-refractivity contribution in [1.29, 1.82) is 0 Å². The molecule has 0 aliphatic rings. The van der Waals surface area contributed by atoms with Crippen LogP contribution >= 0.6 is 0 Å². The SMILES string of the molecule is CNC(=O)C(C)(C)CNc1ccc([N+](=O)[O-])cc1F. The largest absolute Gasteiger partial charge is 0.382 e. The lowest BCUT2D eigenvalue weighted by molar-refractivity contribution is -0.385. The molecular weight excluding hydrogens is 253 g/mol. The van der Waals surface area contributed by atoms with Crippen LogP contribution in [0.15, 0.2) is 18.2 Å². The number of rotatable bonds is 5. The van der Waals surface area contributed by atoms with E-state index in [0.29, 0.717) is 0 Å². The Labute approximate surface area is 110 Å². The van der Waals surface area contributed by atoms with Crippen molar-refractivity contribution in [2.24, 2.45) is 5.41 Å². The molecule has 0 bridgehead atoms. The second kappa shape index (κ2) is 5.64. The van der Waals surface area contributed by atoms with E-state index in [0.717, 1.165) is 6.07 Å². The van der Waals surface area contributed by atoms with Crippen LogP contribution in [-0.4, -0.2) is 24.4 Å². The number of carbonyl (C=O) groups excluding carboxylic acids is 1. The molecular formula is C12H16FN3O3. The van der Waals surface area contributed by atoms with E-state index in [4.69, 9.17) is 0 Å². The monoisotopic (exact) mass is 269 g/mol. The lowest BCUT2D eigenvalue weighted by Crippen LogP contribution is -2.39. The van der Waals surface area contributed by atoms with Gasteiger partial charge in [-0.2, -0.15) is 0 Å². The fraction of sp³-hybridized carbons (Fsp3) is 0.417. The predicted molar refractivity (Wildman–Crippen MR) is 69.4 cm³/mol. The maximum atomic E-state index is 13.6. The molecule has 6 nitrogen and oxygen atoms in total. The zero-order valence-corrected chi connectivity index (χ0v) is 11.0. The van der Waals surface area contributed by atoms with Crippen molar-refractivity contribution in [2.45, 2.75) is 13.8 Å². The number of hydrogen-bond acceptors (Lipinski definition) is 4. The van der Waals surface area contributed by atoms with Gasteiger partial charge in [-0.3, -0.25) is 14.9 Å². The van der Waals surface area contributed by atoms with Gasteiger partial charge >= 0.3 is 0 Å². The average Bonchev–Trinajstić information content (AvgIpc) is 2.36. The summed E-state index contributed by atoms with van der Waals surface area (Å²) in [6, 6.07) is 3.33. The lowest BCUT2D eigenvalue weighted by atomic mass is 9.92. The number of amides is 1. The summed E-state index contributed by atoms with van der Waals surface area (Å²) in [5.41, 5.74) is -0.903. The number of non-ortho nitro benzene ring substituents is 1. The molecule has 0 aliphatic carbocycles. The highest BCUT2D eigenvalue weighted by Gasteiger charge is 2.26. The van der Waals surface area contributed by atoms with E-state index in [1.165, 1.54) is 19.2 Å². The van der Waals surface area contributed by atoms with Gasteiger partial charge in [0.2, 0.25) is 5.91 Å². The number of nitrogens with zero attached hydrogens (tertiary/aromatic N) is 1. The molecule has 0 aromatic heterocycles. The van der Waals surface area contributed by atoms with Gasteiger partial charge in [0.25, 0.3) is 5.69 Å². The van der Waals surface area contributed by atoms with Crippen molar-refractivity contribution in [3.63, 3.8) is 0 Å². The van der Waals surface area contributed by atoms with Gasteiger partial charge in [0, 0.05) is 19.7 Å². The molecule has 19 heavy (non-hydrogen) atoms. The lowest BCUT2D eigenvalue weighted by Gasteiger charge is -2.23. The molecule has 0 unspecified atom stereocenters. The van der Waals surface area contributed by atoms with Crippen LogP contribution in [0.5, 0.6) is 0 Å². The zero-order chi connectivity index (χ0) is 14.6. The van der Waals surface area contributed by atoms with Gasteiger partial charge < -0.3 is 10.6 Å². The first-order valence-corrected chi connectivity index (χ1v) is 5.68. The Kier molecular flexibility index (Phi) is 4.42. The number of halogens is 1. The Bertz CT molecular complexity index is 503. The van der Waals surface area contributed by atoms with Crippen LogP contribution in [0.1, 0.15) is 13.8 Å². The van der Waals surface area contributed by atoms with Gasteiger partial charge in [0.15, 0.2) is 5.82 Å². The third kappa shape index (κ3) is 3.64. The topological polar surface area (TPSA) is 84.3 Å². The molecule has 0 fully saturated rings.